The van der Waals surface area contributed by atoms with E-state index in [1.54, 1.807) is 6.26 Å². The number of furan rings is 1. The van der Waals surface area contributed by atoms with E-state index in [0.717, 1.165) is 52.0 Å². The highest BCUT2D eigenvalue weighted by Gasteiger charge is 2.27. The number of fused-ring (bicyclic) bond motifs is 2. The zero-order chi connectivity index (χ0) is 20.9. The molecule has 0 amide bonds. The van der Waals surface area contributed by atoms with E-state index in [-0.39, 0.29) is 0 Å². The minimum Gasteiger partial charge on any atom is -0.464 e. The number of imidazole rings is 1. The molecule has 1 fully saturated rings. The average Bonchev–Trinajstić information content (AvgIpc) is 3.25. The molecule has 0 spiro atoms. The van der Waals surface area contributed by atoms with Crippen LogP contribution in [0.5, 0.6) is 0 Å². The Labute approximate surface area is 180 Å². The molecular weight excluding hydrogens is 386 g/mol. The molecule has 0 bridgehead atoms. The van der Waals surface area contributed by atoms with Gasteiger partial charge in [-0.05, 0) is 62.4 Å². The third kappa shape index (κ3) is 3.06. The lowest BCUT2D eigenvalue weighted by Crippen LogP contribution is -2.21. The number of aromatic nitrogens is 4. The van der Waals surface area contributed by atoms with Crippen molar-refractivity contribution in [3.8, 4) is 11.3 Å². The second-order valence-corrected chi connectivity index (χ2v) is 8.37. The van der Waals surface area contributed by atoms with Gasteiger partial charge in [-0.3, -0.25) is 9.38 Å². The Morgan fingerprint density at radius 1 is 1.06 bits per heavy atom. The summed E-state index contributed by atoms with van der Waals surface area (Å²) >= 11 is 0. The number of anilines is 2. The van der Waals surface area contributed by atoms with Gasteiger partial charge in [0.15, 0.2) is 5.65 Å². The van der Waals surface area contributed by atoms with Crippen molar-refractivity contribution in [2.45, 2.75) is 26.7 Å². The van der Waals surface area contributed by atoms with E-state index in [9.17, 15) is 0 Å². The largest absolute Gasteiger partial charge is 0.464 e. The van der Waals surface area contributed by atoms with Gasteiger partial charge in [0.2, 0.25) is 0 Å². The fraction of sp³-hybridized carbons (Fsp3) is 0.240. The van der Waals surface area contributed by atoms with E-state index in [1.165, 1.54) is 24.0 Å². The monoisotopic (exact) mass is 409 g/mol. The Morgan fingerprint density at radius 3 is 2.81 bits per heavy atom. The molecule has 4 heterocycles. The first-order valence-corrected chi connectivity index (χ1v) is 10.7. The Bertz CT molecular complexity index is 1410. The third-order valence-corrected chi connectivity index (χ3v) is 6.16. The van der Waals surface area contributed by atoms with Crippen LogP contribution in [0.4, 0.5) is 11.5 Å². The predicted molar refractivity (Wildman–Crippen MR) is 122 cm³/mol. The summed E-state index contributed by atoms with van der Waals surface area (Å²) in [5, 5.41) is 1.05. The second kappa shape index (κ2) is 6.94. The zero-order valence-electron chi connectivity index (χ0n) is 17.6. The summed E-state index contributed by atoms with van der Waals surface area (Å²) in [6.07, 6.45) is 11.8. The maximum Gasteiger partial charge on any atom is 0.155 e. The highest BCUT2D eigenvalue weighted by atomic mass is 16.3. The van der Waals surface area contributed by atoms with Gasteiger partial charge in [-0.15, -0.1) is 0 Å². The van der Waals surface area contributed by atoms with Crippen molar-refractivity contribution in [2.24, 2.45) is 5.92 Å². The molecule has 31 heavy (non-hydrogen) atoms. The van der Waals surface area contributed by atoms with Crippen molar-refractivity contribution in [3.63, 3.8) is 0 Å². The fourth-order valence-electron chi connectivity index (χ4n) is 4.36. The molecule has 0 aliphatic heterocycles. The van der Waals surface area contributed by atoms with E-state index in [4.69, 9.17) is 9.40 Å². The van der Waals surface area contributed by atoms with Crippen molar-refractivity contribution >= 4 is 28.1 Å². The molecule has 1 aliphatic carbocycles. The van der Waals surface area contributed by atoms with Crippen molar-refractivity contribution in [3.05, 3.63) is 72.6 Å². The number of nitrogens with zero attached hydrogens (tertiary/aromatic N) is 5. The van der Waals surface area contributed by atoms with Gasteiger partial charge in [0.1, 0.15) is 11.4 Å². The topological polar surface area (TPSA) is 59.5 Å². The summed E-state index contributed by atoms with van der Waals surface area (Å²) in [4.78, 5) is 16.0. The van der Waals surface area contributed by atoms with E-state index < -0.39 is 0 Å². The second-order valence-electron chi connectivity index (χ2n) is 8.37. The summed E-state index contributed by atoms with van der Waals surface area (Å²) < 4.78 is 7.74. The molecule has 5 aromatic rings. The summed E-state index contributed by atoms with van der Waals surface area (Å²) in [6.45, 7) is 5.17. The summed E-state index contributed by atoms with van der Waals surface area (Å²) in [5.74, 6) is 1.68. The summed E-state index contributed by atoms with van der Waals surface area (Å²) in [5.41, 5.74) is 7.31. The van der Waals surface area contributed by atoms with Crippen LogP contribution < -0.4 is 4.90 Å². The molecule has 0 atom stereocenters. The number of rotatable bonds is 5. The first-order chi connectivity index (χ1) is 15.2. The van der Waals surface area contributed by atoms with Crippen molar-refractivity contribution < 1.29 is 4.42 Å². The van der Waals surface area contributed by atoms with Gasteiger partial charge >= 0.3 is 0 Å². The molecule has 1 aromatic carbocycles. The van der Waals surface area contributed by atoms with Gasteiger partial charge in [0.05, 0.1) is 29.2 Å². The van der Waals surface area contributed by atoms with Crippen LogP contribution in [0.15, 0.2) is 65.8 Å². The van der Waals surface area contributed by atoms with Crippen LogP contribution >= 0.6 is 0 Å². The van der Waals surface area contributed by atoms with Crippen LogP contribution in [0.2, 0.25) is 0 Å². The highest BCUT2D eigenvalue weighted by Crippen LogP contribution is 2.38. The Hall–Kier alpha value is -3.67. The average molecular weight is 409 g/mol. The number of aryl methyl sites for hydroxylation is 2. The first kappa shape index (κ1) is 18.1. The number of hydrogen-bond acceptors (Lipinski definition) is 5. The van der Waals surface area contributed by atoms with E-state index >= 15 is 0 Å². The van der Waals surface area contributed by atoms with Crippen LogP contribution in [-0.4, -0.2) is 25.9 Å². The van der Waals surface area contributed by atoms with Gasteiger partial charge in [0, 0.05) is 36.4 Å². The number of hydrogen-bond donors (Lipinski definition) is 0. The van der Waals surface area contributed by atoms with Gasteiger partial charge in [-0.2, -0.15) is 0 Å². The Morgan fingerprint density at radius 2 is 1.97 bits per heavy atom. The molecule has 1 saturated carbocycles. The lowest BCUT2D eigenvalue weighted by atomic mass is 10.0. The summed E-state index contributed by atoms with van der Waals surface area (Å²) in [7, 11) is 0. The van der Waals surface area contributed by atoms with E-state index in [0.29, 0.717) is 0 Å². The molecule has 154 valence electrons. The van der Waals surface area contributed by atoms with Gasteiger partial charge in [-0.1, -0.05) is 6.07 Å². The lowest BCUT2D eigenvalue weighted by Gasteiger charge is -2.25. The van der Waals surface area contributed by atoms with Crippen LogP contribution in [-0.2, 0) is 0 Å². The molecule has 0 N–H and O–H groups in total. The quantitative estimate of drug-likeness (QED) is 0.372. The molecule has 4 aromatic heterocycles. The minimum atomic E-state index is 0.718. The fourth-order valence-corrected chi connectivity index (χ4v) is 4.36. The summed E-state index contributed by atoms with van der Waals surface area (Å²) in [6, 6.07) is 10.6. The van der Waals surface area contributed by atoms with Gasteiger partial charge in [-0.25, -0.2) is 9.97 Å². The van der Waals surface area contributed by atoms with Crippen LogP contribution in [0.25, 0.3) is 27.9 Å². The molecule has 6 rings (SSSR count). The molecule has 6 heteroatoms. The maximum absolute atomic E-state index is 5.63. The minimum absolute atomic E-state index is 0.718. The Kier molecular flexibility index (Phi) is 4.06. The molecule has 0 saturated heterocycles. The van der Waals surface area contributed by atoms with Crippen molar-refractivity contribution in [1.29, 1.82) is 0 Å². The van der Waals surface area contributed by atoms with Gasteiger partial charge in [0.25, 0.3) is 0 Å². The first-order valence-electron chi connectivity index (χ1n) is 10.7. The predicted octanol–water partition coefficient (Wildman–Crippen LogP) is 5.70. The van der Waals surface area contributed by atoms with Crippen LogP contribution in [0, 0.1) is 19.8 Å². The zero-order valence-corrected chi connectivity index (χ0v) is 17.6. The van der Waals surface area contributed by atoms with E-state index in [1.807, 2.05) is 43.8 Å². The molecule has 0 radical (unpaired) electrons. The van der Waals surface area contributed by atoms with Crippen molar-refractivity contribution in [1.82, 2.24) is 19.4 Å². The Balaban J connectivity index is 1.48. The highest BCUT2D eigenvalue weighted by molar-refractivity contribution is 5.91. The van der Waals surface area contributed by atoms with E-state index in [2.05, 4.69) is 44.4 Å². The smallest absolute Gasteiger partial charge is 0.155 e. The van der Waals surface area contributed by atoms with Crippen LogP contribution in [0.1, 0.15) is 24.1 Å². The molecule has 0 unspecified atom stereocenters. The lowest BCUT2D eigenvalue weighted by molar-refractivity contribution is 0.615. The number of benzene rings is 1. The SMILES string of the molecule is Cc1cc(N(CC2CC2)c2nccc3occc23)ccc1-c1c(C)ncc2nccn12. The number of pyridine rings is 1. The van der Waals surface area contributed by atoms with Gasteiger partial charge < -0.3 is 9.32 Å². The maximum atomic E-state index is 5.63. The molecule has 1 aliphatic rings. The van der Waals surface area contributed by atoms with Crippen LogP contribution in [0.3, 0.4) is 0 Å². The normalized spacial score (nSPS) is 13.9. The molecule has 6 nitrogen and oxygen atoms in total. The standard InChI is InChI=1S/C25H23N5O/c1-16-13-19(5-6-20(16)24-17(2)28-14-23-26-10-11-29(23)24)30(15-18-3-4-18)25-21-8-12-31-22(21)7-9-27-25/h5-14,18H,3-4,15H2,1-2H3. The molecular formula is C25H23N5O. The van der Waals surface area contributed by atoms with Crippen molar-refractivity contribution in [2.75, 3.05) is 11.4 Å². The third-order valence-electron chi connectivity index (χ3n) is 6.16.